The van der Waals surface area contributed by atoms with Crippen molar-refractivity contribution >= 4 is 17.5 Å². The molecule has 0 fully saturated rings. The number of rotatable bonds is 2. The molecule has 1 aliphatic rings. The molecule has 1 N–H and O–H groups in total. The molecule has 0 radical (unpaired) electrons. The largest absolute Gasteiger partial charge is 0.347 e. The second-order valence-corrected chi connectivity index (χ2v) is 4.96. The number of hydrogen-bond donors (Lipinski definition) is 1. The molecule has 0 aliphatic heterocycles. The molecule has 96 valence electrons. The summed E-state index contributed by atoms with van der Waals surface area (Å²) in [4.78, 5) is 19.8. The van der Waals surface area contributed by atoms with E-state index in [4.69, 9.17) is 11.6 Å². The SMILES string of the molecule is O=C(NC1Cc2ccccc2C1)c1cnc(Cl)cn1. The molecule has 1 aromatic heterocycles. The quantitative estimate of drug-likeness (QED) is 0.911. The first-order valence-corrected chi connectivity index (χ1v) is 6.45. The number of carbonyl (C=O) groups excluding carboxylic acids is 1. The van der Waals surface area contributed by atoms with E-state index in [1.165, 1.54) is 23.5 Å². The van der Waals surface area contributed by atoms with Crippen LogP contribution in [0.15, 0.2) is 36.7 Å². The Morgan fingerprint density at radius 1 is 1.16 bits per heavy atom. The highest BCUT2D eigenvalue weighted by Gasteiger charge is 2.23. The van der Waals surface area contributed by atoms with Gasteiger partial charge in [0.25, 0.3) is 5.91 Å². The summed E-state index contributed by atoms with van der Waals surface area (Å²) in [5, 5.41) is 3.26. The predicted octanol–water partition coefficient (Wildman–Crippen LogP) is 2.03. The predicted molar refractivity (Wildman–Crippen MR) is 72.1 cm³/mol. The first-order valence-electron chi connectivity index (χ1n) is 6.07. The third kappa shape index (κ3) is 2.58. The van der Waals surface area contributed by atoms with Crippen LogP contribution in [0.3, 0.4) is 0 Å². The molecule has 0 unspecified atom stereocenters. The van der Waals surface area contributed by atoms with E-state index >= 15 is 0 Å². The van der Waals surface area contributed by atoms with Gasteiger partial charge >= 0.3 is 0 Å². The zero-order chi connectivity index (χ0) is 13.2. The lowest BCUT2D eigenvalue weighted by Crippen LogP contribution is -2.35. The van der Waals surface area contributed by atoms with E-state index in [1.54, 1.807) is 0 Å². The van der Waals surface area contributed by atoms with Crippen molar-refractivity contribution < 1.29 is 4.79 Å². The van der Waals surface area contributed by atoms with Crippen molar-refractivity contribution in [2.45, 2.75) is 18.9 Å². The number of nitrogens with zero attached hydrogens (tertiary/aromatic N) is 2. The van der Waals surface area contributed by atoms with Crippen molar-refractivity contribution in [1.82, 2.24) is 15.3 Å². The number of carbonyl (C=O) groups is 1. The fraction of sp³-hybridized carbons (Fsp3) is 0.214. The Bertz CT molecular complexity index is 587. The molecule has 0 saturated carbocycles. The molecule has 0 atom stereocenters. The van der Waals surface area contributed by atoms with Gasteiger partial charge in [0, 0.05) is 6.04 Å². The molecule has 1 aliphatic carbocycles. The van der Waals surface area contributed by atoms with Crippen LogP contribution >= 0.6 is 11.6 Å². The summed E-state index contributed by atoms with van der Waals surface area (Å²) >= 11 is 5.64. The van der Waals surface area contributed by atoms with Gasteiger partial charge < -0.3 is 5.32 Å². The topological polar surface area (TPSA) is 54.9 Å². The minimum absolute atomic E-state index is 0.127. The molecule has 4 nitrogen and oxygen atoms in total. The third-order valence-corrected chi connectivity index (χ3v) is 3.43. The Balaban J connectivity index is 1.67. The summed E-state index contributed by atoms with van der Waals surface area (Å²) in [5.41, 5.74) is 2.89. The molecule has 1 heterocycles. The minimum Gasteiger partial charge on any atom is -0.347 e. The van der Waals surface area contributed by atoms with Gasteiger partial charge in [-0.25, -0.2) is 9.97 Å². The second kappa shape index (κ2) is 4.97. The number of nitrogens with one attached hydrogen (secondary N) is 1. The normalized spacial score (nSPS) is 14.2. The van der Waals surface area contributed by atoms with Crippen molar-refractivity contribution in [1.29, 1.82) is 0 Å². The Morgan fingerprint density at radius 2 is 1.84 bits per heavy atom. The van der Waals surface area contributed by atoms with Crippen LogP contribution in [0.2, 0.25) is 5.15 Å². The fourth-order valence-corrected chi connectivity index (χ4v) is 2.45. The fourth-order valence-electron chi connectivity index (χ4n) is 2.35. The summed E-state index contributed by atoms with van der Waals surface area (Å²) in [7, 11) is 0. The Morgan fingerprint density at radius 3 is 2.42 bits per heavy atom. The molecule has 3 rings (SSSR count). The number of amides is 1. The smallest absolute Gasteiger partial charge is 0.271 e. The summed E-state index contributed by atoms with van der Waals surface area (Å²) < 4.78 is 0. The Hall–Kier alpha value is -1.94. The van der Waals surface area contributed by atoms with Crippen molar-refractivity contribution in [3.8, 4) is 0 Å². The van der Waals surface area contributed by atoms with E-state index in [0.717, 1.165) is 12.8 Å². The van der Waals surface area contributed by atoms with Gasteiger partial charge in [0.05, 0.1) is 12.4 Å². The molecular weight excluding hydrogens is 262 g/mol. The second-order valence-electron chi connectivity index (χ2n) is 4.57. The van der Waals surface area contributed by atoms with Crippen molar-refractivity contribution in [2.24, 2.45) is 0 Å². The minimum atomic E-state index is -0.207. The summed E-state index contributed by atoms with van der Waals surface area (Å²) in [5.74, 6) is -0.207. The van der Waals surface area contributed by atoms with Crippen LogP contribution in [-0.2, 0) is 12.8 Å². The van der Waals surface area contributed by atoms with Gasteiger partial charge in [0.15, 0.2) is 0 Å². The molecule has 0 bridgehead atoms. The van der Waals surface area contributed by atoms with E-state index in [2.05, 4.69) is 27.4 Å². The number of fused-ring (bicyclic) bond motifs is 1. The van der Waals surface area contributed by atoms with Gasteiger partial charge in [-0.05, 0) is 24.0 Å². The summed E-state index contributed by atoms with van der Waals surface area (Å²) in [6, 6.07) is 8.37. The van der Waals surface area contributed by atoms with E-state index in [1.807, 2.05) is 12.1 Å². The van der Waals surface area contributed by atoms with Gasteiger partial charge in [-0.1, -0.05) is 35.9 Å². The number of benzene rings is 1. The number of halogens is 1. The average molecular weight is 274 g/mol. The summed E-state index contributed by atoms with van der Waals surface area (Å²) in [6.07, 6.45) is 4.49. The van der Waals surface area contributed by atoms with Crippen LogP contribution in [0.5, 0.6) is 0 Å². The molecule has 19 heavy (non-hydrogen) atoms. The van der Waals surface area contributed by atoms with Gasteiger partial charge in [-0.3, -0.25) is 4.79 Å². The molecule has 2 aromatic rings. The zero-order valence-electron chi connectivity index (χ0n) is 10.1. The van der Waals surface area contributed by atoms with Crippen LogP contribution < -0.4 is 5.32 Å². The molecule has 0 saturated heterocycles. The van der Waals surface area contributed by atoms with Crippen molar-refractivity contribution in [3.05, 3.63) is 58.6 Å². The van der Waals surface area contributed by atoms with Crippen molar-refractivity contribution in [2.75, 3.05) is 0 Å². The zero-order valence-corrected chi connectivity index (χ0v) is 10.9. The molecule has 5 heteroatoms. The molecule has 0 spiro atoms. The van der Waals surface area contributed by atoms with Crippen molar-refractivity contribution in [3.63, 3.8) is 0 Å². The number of hydrogen-bond acceptors (Lipinski definition) is 3. The molecule has 1 amide bonds. The van der Waals surface area contributed by atoms with Gasteiger partial charge in [0.2, 0.25) is 0 Å². The van der Waals surface area contributed by atoms with Crippen LogP contribution in [0.4, 0.5) is 0 Å². The lowest BCUT2D eigenvalue weighted by Gasteiger charge is -2.11. The standard InChI is InChI=1S/C14H12ClN3O/c15-13-8-16-12(7-17-13)14(19)18-11-5-9-3-1-2-4-10(9)6-11/h1-4,7-8,11H,5-6H2,(H,18,19). The van der Waals surface area contributed by atoms with Crippen LogP contribution in [-0.4, -0.2) is 21.9 Å². The van der Waals surface area contributed by atoms with Crippen LogP contribution in [0.1, 0.15) is 21.6 Å². The maximum absolute atomic E-state index is 12.0. The van der Waals surface area contributed by atoms with E-state index < -0.39 is 0 Å². The van der Waals surface area contributed by atoms with Gasteiger partial charge in [0.1, 0.15) is 10.8 Å². The maximum Gasteiger partial charge on any atom is 0.271 e. The van der Waals surface area contributed by atoms with E-state index in [0.29, 0.717) is 5.69 Å². The molecular formula is C14H12ClN3O. The lowest BCUT2D eigenvalue weighted by atomic mass is 10.1. The Kier molecular flexibility index (Phi) is 3.17. The van der Waals surface area contributed by atoms with E-state index in [9.17, 15) is 4.79 Å². The average Bonchev–Trinajstić information content (AvgIpc) is 2.81. The highest BCUT2D eigenvalue weighted by Crippen LogP contribution is 2.21. The van der Waals surface area contributed by atoms with Crippen LogP contribution in [0, 0.1) is 0 Å². The molecule has 1 aromatic carbocycles. The maximum atomic E-state index is 12.0. The monoisotopic (exact) mass is 273 g/mol. The van der Waals surface area contributed by atoms with E-state index in [-0.39, 0.29) is 17.1 Å². The first kappa shape index (κ1) is 12.1. The first-order chi connectivity index (χ1) is 9.22. The van der Waals surface area contributed by atoms with Gasteiger partial charge in [-0.2, -0.15) is 0 Å². The highest BCUT2D eigenvalue weighted by atomic mass is 35.5. The Labute approximate surface area is 115 Å². The van der Waals surface area contributed by atoms with Crippen LogP contribution in [0.25, 0.3) is 0 Å². The highest BCUT2D eigenvalue weighted by molar-refractivity contribution is 6.29. The van der Waals surface area contributed by atoms with Gasteiger partial charge in [-0.15, -0.1) is 0 Å². The lowest BCUT2D eigenvalue weighted by molar-refractivity contribution is 0.0933. The summed E-state index contributed by atoms with van der Waals surface area (Å²) in [6.45, 7) is 0. The third-order valence-electron chi connectivity index (χ3n) is 3.24. The number of aromatic nitrogens is 2.